The lowest BCUT2D eigenvalue weighted by molar-refractivity contribution is 0.0903. The molecule has 3 rings (SSSR count). The van der Waals surface area contributed by atoms with E-state index in [4.69, 9.17) is 16.3 Å². The SMILES string of the molecule is CC1CCOC1C(Cl)c1ccc(-c2ccccc2)cc1. The predicted octanol–water partition coefficient (Wildman–Crippen LogP) is 5.06. The van der Waals surface area contributed by atoms with Gasteiger partial charge in [-0.1, -0.05) is 61.5 Å². The minimum absolute atomic E-state index is 0.0580. The van der Waals surface area contributed by atoms with Gasteiger partial charge in [-0.15, -0.1) is 11.6 Å². The Morgan fingerprint density at radius 2 is 1.65 bits per heavy atom. The van der Waals surface area contributed by atoms with Gasteiger partial charge in [-0.05, 0) is 29.0 Å². The summed E-state index contributed by atoms with van der Waals surface area (Å²) in [6.07, 6.45) is 1.25. The van der Waals surface area contributed by atoms with Crippen LogP contribution >= 0.6 is 11.6 Å². The van der Waals surface area contributed by atoms with Crippen LogP contribution in [0.15, 0.2) is 54.6 Å². The van der Waals surface area contributed by atoms with E-state index in [1.165, 1.54) is 11.1 Å². The number of benzene rings is 2. The monoisotopic (exact) mass is 286 g/mol. The molecule has 1 fully saturated rings. The number of ether oxygens (including phenoxy) is 1. The molecule has 20 heavy (non-hydrogen) atoms. The van der Waals surface area contributed by atoms with Gasteiger partial charge in [0.2, 0.25) is 0 Å². The molecular weight excluding hydrogens is 268 g/mol. The summed E-state index contributed by atoms with van der Waals surface area (Å²) in [5, 5.41) is -0.0580. The van der Waals surface area contributed by atoms with Crippen LogP contribution < -0.4 is 0 Å². The lowest BCUT2D eigenvalue weighted by Crippen LogP contribution is -2.19. The highest BCUT2D eigenvalue weighted by Crippen LogP contribution is 2.36. The van der Waals surface area contributed by atoms with Crippen molar-refractivity contribution >= 4 is 11.6 Å². The van der Waals surface area contributed by atoms with Crippen LogP contribution in [0.3, 0.4) is 0 Å². The summed E-state index contributed by atoms with van der Waals surface area (Å²) in [7, 11) is 0. The van der Waals surface area contributed by atoms with Crippen molar-refractivity contribution in [3.63, 3.8) is 0 Å². The van der Waals surface area contributed by atoms with Gasteiger partial charge < -0.3 is 4.74 Å². The van der Waals surface area contributed by atoms with Crippen LogP contribution in [0.2, 0.25) is 0 Å². The minimum atomic E-state index is -0.0580. The van der Waals surface area contributed by atoms with E-state index in [-0.39, 0.29) is 11.5 Å². The van der Waals surface area contributed by atoms with Gasteiger partial charge >= 0.3 is 0 Å². The Hall–Kier alpha value is -1.31. The summed E-state index contributed by atoms with van der Waals surface area (Å²) in [6.45, 7) is 3.04. The average Bonchev–Trinajstić information content (AvgIpc) is 2.94. The van der Waals surface area contributed by atoms with E-state index in [1.807, 2.05) is 6.07 Å². The largest absolute Gasteiger partial charge is 0.376 e. The van der Waals surface area contributed by atoms with Crippen molar-refractivity contribution in [3.8, 4) is 11.1 Å². The maximum Gasteiger partial charge on any atom is 0.0849 e. The smallest absolute Gasteiger partial charge is 0.0849 e. The summed E-state index contributed by atoms with van der Waals surface area (Å²) >= 11 is 6.58. The van der Waals surface area contributed by atoms with Gasteiger partial charge in [0.15, 0.2) is 0 Å². The van der Waals surface area contributed by atoms with Gasteiger partial charge in [0.25, 0.3) is 0 Å². The number of hydrogen-bond acceptors (Lipinski definition) is 1. The van der Waals surface area contributed by atoms with Crippen LogP contribution in [-0.2, 0) is 4.74 Å². The van der Waals surface area contributed by atoms with Crippen LogP contribution in [-0.4, -0.2) is 12.7 Å². The van der Waals surface area contributed by atoms with E-state index in [1.54, 1.807) is 0 Å². The third-order valence-corrected chi connectivity index (χ3v) is 4.57. The second kappa shape index (κ2) is 5.99. The van der Waals surface area contributed by atoms with Crippen LogP contribution in [0.25, 0.3) is 11.1 Å². The molecule has 104 valence electrons. The Kier molecular flexibility index (Phi) is 4.09. The fraction of sp³-hybridized carbons (Fsp3) is 0.333. The first-order valence-corrected chi connectivity index (χ1v) is 7.60. The number of rotatable bonds is 3. The Balaban J connectivity index is 1.79. The summed E-state index contributed by atoms with van der Waals surface area (Å²) in [5.74, 6) is 0.534. The number of halogens is 1. The van der Waals surface area contributed by atoms with Gasteiger partial charge in [0, 0.05) is 6.61 Å². The Morgan fingerprint density at radius 1 is 1.00 bits per heavy atom. The lowest BCUT2D eigenvalue weighted by atomic mass is 9.95. The first kappa shape index (κ1) is 13.7. The highest BCUT2D eigenvalue weighted by atomic mass is 35.5. The maximum atomic E-state index is 6.58. The van der Waals surface area contributed by atoms with Gasteiger partial charge in [-0.25, -0.2) is 0 Å². The topological polar surface area (TPSA) is 9.23 Å². The summed E-state index contributed by atoms with van der Waals surface area (Å²) in [5.41, 5.74) is 3.60. The van der Waals surface area contributed by atoms with Crippen molar-refractivity contribution in [1.82, 2.24) is 0 Å². The summed E-state index contributed by atoms with van der Waals surface area (Å²) in [6, 6.07) is 18.9. The third-order valence-electron chi connectivity index (χ3n) is 4.07. The zero-order valence-corrected chi connectivity index (χ0v) is 12.4. The molecule has 1 heterocycles. The first-order chi connectivity index (χ1) is 9.75. The van der Waals surface area contributed by atoms with E-state index in [9.17, 15) is 0 Å². The van der Waals surface area contributed by atoms with Crippen molar-refractivity contribution < 1.29 is 4.74 Å². The molecule has 1 nitrogen and oxygen atoms in total. The van der Waals surface area contributed by atoms with Crippen LogP contribution in [0.4, 0.5) is 0 Å². The van der Waals surface area contributed by atoms with Gasteiger partial charge in [0.1, 0.15) is 0 Å². The molecule has 2 aromatic rings. The molecule has 3 unspecified atom stereocenters. The quantitative estimate of drug-likeness (QED) is 0.717. The zero-order valence-electron chi connectivity index (χ0n) is 11.6. The van der Waals surface area contributed by atoms with Crippen molar-refractivity contribution in [2.24, 2.45) is 5.92 Å². The average molecular weight is 287 g/mol. The normalized spacial score (nSPS) is 23.7. The molecule has 1 saturated heterocycles. The van der Waals surface area contributed by atoms with Gasteiger partial charge in [-0.2, -0.15) is 0 Å². The van der Waals surface area contributed by atoms with Crippen molar-refractivity contribution in [3.05, 3.63) is 60.2 Å². The minimum Gasteiger partial charge on any atom is -0.376 e. The molecular formula is C18H19ClO. The van der Waals surface area contributed by atoms with E-state index in [2.05, 4.69) is 55.5 Å². The summed E-state index contributed by atoms with van der Waals surface area (Å²) in [4.78, 5) is 0. The fourth-order valence-electron chi connectivity index (χ4n) is 2.77. The maximum absolute atomic E-state index is 6.58. The molecule has 0 N–H and O–H groups in total. The van der Waals surface area contributed by atoms with Crippen molar-refractivity contribution in [1.29, 1.82) is 0 Å². The molecule has 0 spiro atoms. The molecule has 2 heteroatoms. The highest BCUT2D eigenvalue weighted by molar-refractivity contribution is 6.21. The standard InChI is InChI=1S/C18H19ClO/c1-13-11-12-20-18(13)17(19)16-9-7-15(8-10-16)14-5-3-2-4-6-14/h2-10,13,17-18H,11-12H2,1H3. The highest BCUT2D eigenvalue weighted by Gasteiger charge is 2.31. The van der Waals surface area contributed by atoms with Crippen LogP contribution in [0.1, 0.15) is 24.3 Å². The second-order valence-corrected chi connectivity index (χ2v) is 5.96. The molecule has 1 aliphatic heterocycles. The Labute approximate surface area is 125 Å². The number of hydrogen-bond donors (Lipinski definition) is 0. The number of alkyl halides is 1. The van der Waals surface area contributed by atoms with E-state index in [0.29, 0.717) is 5.92 Å². The van der Waals surface area contributed by atoms with E-state index >= 15 is 0 Å². The van der Waals surface area contributed by atoms with E-state index in [0.717, 1.165) is 18.6 Å². The molecule has 2 aromatic carbocycles. The lowest BCUT2D eigenvalue weighted by Gasteiger charge is -2.21. The van der Waals surface area contributed by atoms with Crippen LogP contribution in [0, 0.1) is 5.92 Å². The zero-order chi connectivity index (χ0) is 13.9. The first-order valence-electron chi connectivity index (χ1n) is 7.17. The van der Waals surface area contributed by atoms with Crippen molar-refractivity contribution in [2.75, 3.05) is 6.61 Å². The predicted molar refractivity (Wildman–Crippen MR) is 84.0 cm³/mol. The third kappa shape index (κ3) is 2.74. The molecule has 0 aliphatic carbocycles. The molecule has 0 bridgehead atoms. The molecule has 3 atom stereocenters. The van der Waals surface area contributed by atoms with Crippen molar-refractivity contribution in [2.45, 2.75) is 24.8 Å². The molecule has 0 aromatic heterocycles. The molecule has 0 amide bonds. The molecule has 0 saturated carbocycles. The molecule has 1 aliphatic rings. The molecule has 0 radical (unpaired) electrons. The van der Waals surface area contributed by atoms with Crippen LogP contribution in [0.5, 0.6) is 0 Å². The van der Waals surface area contributed by atoms with Gasteiger partial charge in [0.05, 0.1) is 11.5 Å². The Morgan fingerprint density at radius 3 is 2.25 bits per heavy atom. The van der Waals surface area contributed by atoms with Gasteiger partial charge in [-0.3, -0.25) is 0 Å². The summed E-state index contributed by atoms with van der Waals surface area (Å²) < 4.78 is 5.76. The fourth-order valence-corrected chi connectivity index (χ4v) is 3.24. The van der Waals surface area contributed by atoms with E-state index < -0.39 is 0 Å². The Bertz CT molecular complexity index is 549. The second-order valence-electron chi connectivity index (χ2n) is 5.49.